The fourth-order valence-electron chi connectivity index (χ4n) is 1.73. The molecule has 96 valence electrons. The molecule has 2 N–H and O–H groups in total. The summed E-state index contributed by atoms with van der Waals surface area (Å²) in [7, 11) is 0. The number of aromatic nitrogens is 1. The molecule has 0 aliphatic carbocycles. The monoisotopic (exact) mass is 244 g/mol. The van der Waals surface area contributed by atoms with Gasteiger partial charge in [0, 0.05) is 11.6 Å². The molecule has 0 saturated heterocycles. The summed E-state index contributed by atoms with van der Waals surface area (Å²) in [4.78, 5) is 4.37. The minimum absolute atomic E-state index is 0.123. The third kappa shape index (κ3) is 2.99. The van der Waals surface area contributed by atoms with Crippen LogP contribution in [0.5, 0.6) is 5.75 Å². The number of nitrogens with two attached hydrogens (primary N) is 1. The van der Waals surface area contributed by atoms with Crippen molar-refractivity contribution in [2.24, 2.45) is 11.1 Å². The summed E-state index contributed by atoms with van der Waals surface area (Å²) in [5.41, 5.74) is 6.75. The van der Waals surface area contributed by atoms with Crippen LogP contribution >= 0.6 is 0 Å². The van der Waals surface area contributed by atoms with E-state index in [4.69, 9.17) is 10.5 Å². The van der Waals surface area contributed by atoms with Crippen LogP contribution in [0.15, 0.2) is 36.5 Å². The van der Waals surface area contributed by atoms with Crippen molar-refractivity contribution in [3.63, 3.8) is 0 Å². The topological polar surface area (TPSA) is 48.1 Å². The maximum absolute atomic E-state index is 5.84. The van der Waals surface area contributed by atoms with Gasteiger partial charge in [-0.05, 0) is 30.5 Å². The Morgan fingerprint density at radius 3 is 2.78 bits per heavy atom. The summed E-state index contributed by atoms with van der Waals surface area (Å²) in [6.07, 6.45) is 2.73. The van der Waals surface area contributed by atoms with E-state index in [9.17, 15) is 0 Å². The number of para-hydroxylation sites is 1. The van der Waals surface area contributed by atoms with Crippen molar-refractivity contribution in [1.82, 2.24) is 4.98 Å². The summed E-state index contributed by atoms with van der Waals surface area (Å²) in [5.74, 6) is 0.848. The molecule has 0 bridgehead atoms. The Balaban J connectivity index is 2.08. The Kier molecular flexibility index (Phi) is 3.82. The van der Waals surface area contributed by atoms with Gasteiger partial charge in [0.2, 0.25) is 0 Å². The maximum atomic E-state index is 5.84. The summed E-state index contributed by atoms with van der Waals surface area (Å²) < 4.78 is 5.84. The third-order valence-corrected chi connectivity index (χ3v) is 3.18. The number of benzene rings is 1. The molecule has 0 spiro atoms. The SMILES string of the molecule is CC(C)(CN)CCOc1cccc2cccnc12. The molecule has 1 aromatic carbocycles. The Labute approximate surface area is 108 Å². The van der Waals surface area contributed by atoms with Gasteiger partial charge in [-0.25, -0.2) is 0 Å². The van der Waals surface area contributed by atoms with Crippen LogP contribution in [0.2, 0.25) is 0 Å². The van der Waals surface area contributed by atoms with E-state index in [0.29, 0.717) is 13.2 Å². The number of hydrogen-bond acceptors (Lipinski definition) is 3. The van der Waals surface area contributed by atoms with E-state index >= 15 is 0 Å². The average Bonchev–Trinajstić information content (AvgIpc) is 2.39. The van der Waals surface area contributed by atoms with Crippen molar-refractivity contribution in [2.45, 2.75) is 20.3 Å². The first-order valence-corrected chi connectivity index (χ1v) is 6.29. The fourth-order valence-corrected chi connectivity index (χ4v) is 1.73. The summed E-state index contributed by atoms with van der Waals surface area (Å²) >= 11 is 0. The second kappa shape index (κ2) is 5.36. The average molecular weight is 244 g/mol. The number of fused-ring (bicyclic) bond motifs is 1. The highest BCUT2D eigenvalue weighted by Crippen LogP contribution is 2.24. The number of ether oxygens (including phenoxy) is 1. The van der Waals surface area contributed by atoms with Crippen LogP contribution in [0.25, 0.3) is 10.9 Å². The van der Waals surface area contributed by atoms with Crippen molar-refractivity contribution in [3.05, 3.63) is 36.5 Å². The maximum Gasteiger partial charge on any atom is 0.145 e. The van der Waals surface area contributed by atoms with Crippen molar-refractivity contribution >= 4 is 10.9 Å². The van der Waals surface area contributed by atoms with Crippen LogP contribution in [-0.4, -0.2) is 18.1 Å². The molecule has 3 nitrogen and oxygen atoms in total. The predicted molar refractivity (Wildman–Crippen MR) is 74.7 cm³/mol. The van der Waals surface area contributed by atoms with Crippen LogP contribution in [0.1, 0.15) is 20.3 Å². The molecule has 3 heteroatoms. The lowest BCUT2D eigenvalue weighted by atomic mass is 9.90. The zero-order valence-electron chi connectivity index (χ0n) is 11.0. The van der Waals surface area contributed by atoms with Crippen LogP contribution in [0, 0.1) is 5.41 Å². The van der Waals surface area contributed by atoms with Gasteiger partial charge in [-0.15, -0.1) is 0 Å². The van der Waals surface area contributed by atoms with E-state index < -0.39 is 0 Å². The van der Waals surface area contributed by atoms with E-state index in [1.165, 1.54) is 0 Å². The largest absolute Gasteiger partial charge is 0.491 e. The first-order chi connectivity index (χ1) is 8.62. The molecular formula is C15H20N2O. The van der Waals surface area contributed by atoms with Gasteiger partial charge in [-0.2, -0.15) is 0 Å². The van der Waals surface area contributed by atoms with E-state index in [1.54, 1.807) is 6.20 Å². The second-order valence-corrected chi connectivity index (χ2v) is 5.30. The molecule has 0 atom stereocenters. The van der Waals surface area contributed by atoms with E-state index in [0.717, 1.165) is 23.1 Å². The zero-order valence-corrected chi connectivity index (χ0v) is 11.0. The lowest BCUT2D eigenvalue weighted by Crippen LogP contribution is -2.25. The zero-order chi connectivity index (χ0) is 13.0. The highest BCUT2D eigenvalue weighted by molar-refractivity contribution is 5.84. The van der Waals surface area contributed by atoms with E-state index in [1.807, 2.05) is 30.3 Å². The minimum Gasteiger partial charge on any atom is -0.491 e. The standard InChI is InChI=1S/C15H20N2O/c1-15(2,11-16)8-10-18-13-7-3-5-12-6-4-9-17-14(12)13/h3-7,9H,8,10-11,16H2,1-2H3. The van der Waals surface area contributed by atoms with Crippen LogP contribution in [-0.2, 0) is 0 Å². The quantitative estimate of drug-likeness (QED) is 0.879. The molecule has 0 amide bonds. The second-order valence-electron chi connectivity index (χ2n) is 5.30. The lowest BCUT2D eigenvalue weighted by Gasteiger charge is -2.22. The van der Waals surface area contributed by atoms with Crippen LogP contribution in [0.4, 0.5) is 0 Å². The van der Waals surface area contributed by atoms with Gasteiger partial charge in [-0.1, -0.05) is 32.0 Å². The molecule has 0 aliphatic rings. The summed E-state index contributed by atoms with van der Waals surface area (Å²) in [6, 6.07) is 9.97. The Bertz CT molecular complexity index is 517. The Morgan fingerprint density at radius 2 is 2.00 bits per heavy atom. The normalized spacial score (nSPS) is 11.7. The molecule has 18 heavy (non-hydrogen) atoms. The van der Waals surface area contributed by atoms with Crippen molar-refractivity contribution in [3.8, 4) is 5.75 Å². The van der Waals surface area contributed by atoms with Gasteiger partial charge in [-0.3, -0.25) is 4.98 Å². The van der Waals surface area contributed by atoms with Crippen molar-refractivity contribution in [2.75, 3.05) is 13.2 Å². The van der Waals surface area contributed by atoms with Gasteiger partial charge in [0.1, 0.15) is 11.3 Å². The number of hydrogen-bond donors (Lipinski definition) is 1. The van der Waals surface area contributed by atoms with Crippen LogP contribution in [0.3, 0.4) is 0 Å². The van der Waals surface area contributed by atoms with Gasteiger partial charge in [0.05, 0.1) is 6.61 Å². The van der Waals surface area contributed by atoms with E-state index in [-0.39, 0.29) is 5.41 Å². The van der Waals surface area contributed by atoms with E-state index in [2.05, 4.69) is 18.8 Å². The molecule has 0 saturated carbocycles. The minimum atomic E-state index is 0.123. The summed E-state index contributed by atoms with van der Waals surface area (Å²) in [5, 5.41) is 1.10. The molecule has 0 unspecified atom stereocenters. The molecule has 2 aromatic rings. The molecule has 1 aromatic heterocycles. The molecule has 0 fully saturated rings. The fraction of sp³-hybridized carbons (Fsp3) is 0.400. The van der Waals surface area contributed by atoms with Crippen molar-refractivity contribution < 1.29 is 4.74 Å². The first-order valence-electron chi connectivity index (χ1n) is 6.29. The highest BCUT2D eigenvalue weighted by atomic mass is 16.5. The molecule has 0 aliphatic heterocycles. The smallest absolute Gasteiger partial charge is 0.145 e. The highest BCUT2D eigenvalue weighted by Gasteiger charge is 2.15. The lowest BCUT2D eigenvalue weighted by molar-refractivity contribution is 0.235. The Hall–Kier alpha value is -1.61. The Morgan fingerprint density at radius 1 is 1.22 bits per heavy atom. The van der Waals surface area contributed by atoms with Gasteiger partial charge in [0.15, 0.2) is 0 Å². The molecule has 1 heterocycles. The third-order valence-electron chi connectivity index (χ3n) is 3.18. The summed E-state index contributed by atoms with van der Waals surface area (Å²) in [6.45, 7) is 5.64. The van der Waals surface area contributed by atoms with Crippen molar-refractivity contribution in [1.29, 1.82) is 0 Å². The van der Waals surface area contributed by atoms with Crippen LogP contribution < -0.4 is 10.5 Å². The molecular weight excluding hydrogens is 224 g/mol. The van der Waals surface area contributed by atoms with Gasteiger partial charge < -0.3 is 10.5 Å². The number of rotatable bonds is 5. The molecule has 0 radical (unpaired) electrons. The predicted octanol–water partition coefficient (Wildman–Crippen LogP) is 2.99. The van der Waals surface area contributed by atoms with Gasteiger partial charge >= 0.3 is 0 Å². The number of pyridine rings is 1. The molecule has 2 rings (SSSR count). The number of nitrogens with zero attached hydrogens (tertiary/aromatic N) is 1. The first kappa shape index (κ1) is 12.8. The van der Waals surface area contributed by atoms with Gasteiger partial charge in [0.25, 0.3) is 0 Å².